The van der Waals surface area contributed by atoms with Gasteiger partial charge in [-0.05, 0) is 88.1 Å². The second kappa shape index (κ2) is 13.2. The maximum Gasteiger partial charge on any atom is 0.338 e. The first kappa shape index (κ1) is 31.0. The van der Waals surface area contributed by atoms with Crippen LogP contribution in [-0.2, 0) is 16.1 Å². The molecule has 4 aromatic carbocycles. The van der Waals surface area contributed by atoms with Gasteiger partial charge in [-0.1, -0.05) is 75.8 Å². The molecule has 5 aromatic rings. The van der Waals surface area contributed by atoms with Crippen LogP contribution >= 0.6 is 43.2 Å². The van der Waals surface area contributed by atoms with E-state index in [-0.39, 0.29) is 12.2 Å². The molecule has 0 saturated heterocycles. The first-order valence-electron chi connectivity index (χ1n) is 14.2. The van der Waals surface area contributed by atoms with Crippen LogP contribution in [0.15, 0.2) is 109 Å². The third-order valence-corrected chi connectivity index (χ3v) is 9.65. The number of allylic oxidation sites excluding steroid dienone is 1. The quantitative estimate of drug-likeness (QED) is 0.159. The van der Waals surface area contributed by atoms with E-state index in [2.05, 4.69) is 31.9 Å². The molecule has 1 atom stereocenters. The number of halogens is 2. The lowest BCUT2D eigenvalue weighted by molar-refractivity contribution is -0.139. The minimum Gasteiger partial charge on any atom is -0.496 e. The summed E-state index contributed by atoms with van der Waals surface area (Å²) in [6.07, 6.45) is 1.87. The molecule has 7 nitrogen and oxygen atoms in total. The Hall–Kier alpha value is -3.99. The second-order valence-electron chi connectivity index (χ2n) is 10.3. The topological polar surface area (TPSA) is 79.1 Å². The number of thiazole rings is 1. The van der Waals surface area contributed by atoms with Crippen LogP contribution in [0, 0.1) is 0 Å². The van der Waals surface area contributed by atoms with Gasteiger partial charge < -0.3 is 14.2 Å². The molecule has 0 radical (unpaired) electrons. The summed E-state index contributed by atoms with van der Waals surface area (Å²) in [6, 6.07) is 24.7. The first-order chi connectivity index (χ1) is 21.8. The van der Waals surface area contributed by atoms with Crippen LogP contribution in [0.1, 0.15) is 36.6 Å². The van der Waals surface area contributed by atoms with E-state index in [0.29, 0.717) is 43.2 Å². The number of carbonyl (C=O) groups excluding carboxylic acids is 1. The highest BCUT2D eigenvalue weighted by Gasteiger charge is 2.33. The molecular formula is C35H28Br2N2O5S. The standard InChI is InChI=1S/C35H28Br2N2O5S/c1-4-43-34(41)31-20(2)38-35-39(32(31)23-12-16-29(42-3)27(37)17-23)33(40)30(45-35)18-26-25-8-6-5-7-22(25)11-15-28(26)44-19-21-9-13-24(36)14-10-21/h5-18,32H,4,19H2,1-3H3/b30-18+/t32-/m1/s1. The Morgan fingerprint density at radius 1 is 1.02 bits per heavy atom. The van der Waals surface area contributed by atoms with Crippen LogP contribution in [-0.4, -0.2) is 24.3 Å². The van der Waals surface area contributed by atoms with Gasteiger partial charge in [-0.25, -0.2) is 9.79 Å². The predicted octanol–water partition coefficient (Wildman–Crippen LogP) is 7.06. The van der Waals surface area contributed by atoms with Gasteiger partial charge in [0, 0.05) is 10.0 Å². The number of ether oxygens (including phenoxy) is 3. The van der Waals surface area contributed by atoms with Crippen LogP contribution in [0.2, 0.25) is 0 Å². The second-order valence-corrected chi connectivity index (χ2v) is 13.1. The van der Waals surface area contributed by atoms with Crippen molar-refractivity contribution in [1.29, 1.82) is 0 Å². The Morgan fingerprint density at radius 3 is 2.51 bits per heavy atom. The van der Waals surface area contributed by atoms with Gasteiger partial charge in [0.05, 0.1) is 40.0 Å². The molecule has 0 spiro atoms. The molecule has 45 heavy (non-hydrogen) atoms. The zero-order valence-electron chi connectivity index (χ0n) is 24.7. The van der Waals surface area contributed by atoms with E-state index in [0.717, 1.165) is 31.9 Å². The van der Waals surface area contributed by atoms with Crippen molar-refractivity contribution in [3.63, 3.8) is 0 Å². The van der Waals surface area contributed by atoms with Gasteiger partial charge in [-0.2, -0.15) is 0 Å². The highest BCUT2D eigenvalue weighted by Crippen LogP contribution is 2.35. The molecule has 10 heteroatoms. The lowest BCUT2D eigenvalue weighted by atomic mass is 9.96. The van der Waals surface area contributed by atoms with Gasteiger partial charge in [0.15, 0.2) is 4.80 Å². The van der Waals surface area contributed by atoms with Crippen molar-refractivity contribution in [1.82, 2.24) is 4.57 Å². The fraction of sp³-hybridized carbons (Fsp3) is 0.171. The van der Waals surface area contributed by atoms with E-state index in [1.807, 2.05) is 78.9 Å². The number of hydrogen-bond donors (Lipinski definition) is 0. The number of benzene rings is 4. The molecule has 0 amide bonds. The Bertz CT molecular complexity index is 2150. The lowest BCUT2D eigenvalue weighted by Gasteiger charge is -2.25. The number of aromatic nitrogens is 1. The normalized spacial score (nSPS) is 14.7. The van der Waals surface area contributed by atoms with E-state index < -0.39 is 12.0 Å². The van der Waals surface area contributed by atoms with Crippen molar-refractivity contribution < 1.29 is 19.0 Å². The molecule has 0 aliphatic carbocycles. The number of nitrogens with zero attached hydrogens (tertiary/aromatic N) is 2. The molecule has 1 aliphatic rings. The van der Waals surface area contributed by atoms with Crippen LogP contribution in [0.3, 0.4) is 0 Å². The molecule has 0 unspecified atom stereocenters. The number of fused-ring (bicyclic) bond motifs is 2. The zero-order chi connectivity index (χ0) is 31.7. The summed E-state index contributed by atoms with van der Waals surface area (Å²) in [5.74, 6) is 0.778. The summed E-state index contributed by atoms with van der Waals surface area (Å²) in [5.41, 5.74) is 3.08. The monoisotopic (exact) mass is 746 g/mol. The molecule has 6 rings (SSSR count). The van der Waals surface area contributed by atoms with Gasteiger partial charge in [-0.3, -0.25) is 9.36 Å². The molecule has 1 aliphatic heterocycles. The van der Waals surface area contributed by atoms with Crippen molar-refractivity contribution in [2.75, 3.05) is 13.7 Å². The van der Waals surface area contributed by atoms with Crippen molar-refractivity contribution >= 4 is 66.0 Å². The fourth-order valence-electron chi connectivity index (χ4n) is 5.38. The van der Waals surface area contributed by atoms with Crippen LogP contribution in [0.5, 0.6) is 11.5 Å². The number of methoxy groups -OCH3 is 1. The third kappa shape index (κ3) is 6.14. The van der Waals surface area contributed by atoms with Crippen molar-refractivity contribution in [2.45, 2.75) is 26.5 Å². The highest BCUT2D eigenvalue weighted by molar-refractivity contribution is 9.10. The largest absolute Gasteiger partial charge is 0.496 e. The summed E-state index contributed by atoms with van der Waals surface area (Å²) in [5, 5.41) is 1.98. The Morgan fingerprint density at radius 2 is 1.78 bits per heavy atom. The van der Waals surface area contributed by atoms with Crippen molar-refractivity contribution in [3.05, 3.63) is 135 Å². The van der Waals surface area contributed by atoms with E-state index in [4.69, 9.17) is 19.2 Å². The van der Waals surface area contributed by atoms with E-state index in [1.54, 1.807) is 31.6 Å². The summed E-state index contributed by atoms with van der Waals surface area (Å²) in [6.45, 7) is 4.08. The SMILES string of the molecule is CCOC(=O)C1=C(C)N=c2s/c(=C/c3c(OCc4ccc(Br)cc4)ccc4ccccc34)c(=O)n2[C@@H]1c1ccc(OC)c(Br)c1. The smallest absolute Gasteiger partial charge is 0.338 e. The average Bonchev–Trinajstić information content (AvgIpc) is 3.34. The van der Waals surface area contributed by atoms with Gasteiger partial charge in [-0.15, -0.1) is 0 Å². The summed E-state index contributed by atoms with van der Waals surface area (Å²) < 4.78 is 21.0. The summed E-state index contributed by atoms with van der Waals surface area (Å²) in [7, 11) is 1.58. The average molecular weight is 748 g/mol. The van der Waals surface area contributed by atoms with Crippen molar-refractivity contribution in [3.8, 4) is 11.5 Å². The molecule has 0 bridgehead atoms. The molecule has 0 fully saturated rings. The molecule has 2 heterocycles. The fourth-order valence-corrected chi connectivity index (χ4v) is 7.23. The number of hydrogen-bond acceptors (Lipinski definition) is 7. The Balaban J connectivity index is 1.53. The summed E-state index contributed by atoms with van der Waals surface area (Å²) >= 11 is 8.32. The van der Waals surface area contributed by atoms with Crippen molar-refractivity contribution in [2.24, 2.45) is 4.99 Å². The minimum absolute atomic E-state index is 0.198. The van der Waals surface area contributed by atoms with Crippen LogP contribution in [0.4, 0.5) is 0 Å². The lowest BCUT2D eigenvalue weighted by Crippen LogP contribution is -2.40. The predicted molar refractivity (Wildman–Crippen MR) is 184 cm³/mol. The van der Waals surface area contributed by atoms with Gasteiger partial charge in [0.25, 0.3) is 5.56 Å². The molecule has 0 saturated carbocycles. The zero-order valence-corrected chi connectivity index (χ0v) is 28.7. The van der Waals surface area contributed by atoms with Crippen LogP contribution < -0.4 is 24.4 Å². The van der Waals surface area contributed by atoms with E-state index in [9.17, 15) is 9.59 Å². The van der Waals surface area contributed by atoms with Crippen LogP contribution in [0.25, 0.3) is 16.8 Å². The number of rotatable bonds is 8. The summed E-state index contributed by atoms with van der Waals surface area (Å²) in [4.78, 5) is 32.8. The van der Waals surface area contributed by atoms with Gasteiger partial charge >= 0.3 is 5.97 Å². The first-order valence-corrected chi connectivity index (χ1v) is 16.6. The maximum atomic E-state index is 14.3. The van der Waals surface area contributed by atoms with E-state index >= 15 is 0 Å². The van der Waals surface area contributed by atoms with Gasteiger partial charge in [0.2, 0.25) is 0 Å². The third-order valence-electron chi connectivity index (χ3n) is 7.52. The number of esters is 1. The molecule has 228 valence electrons. The molecule has 1 aromatic heterocycles. The maximum absolute atomic E-state index is 14.3. The van der Waals surface area contributed by atoms with Gasteiger partial charge in [0.1, 0.15) is 18.1 Å². The minimum atomic E-state index is -0.745. The number of carbonyl (C=O) groups is 1. The molecule has 0 N–H and O–H groups in total. The van der Waals surface area contributed by atoms with E-state index in [1.165, 1.54) is 11.3 Å². The Kier molecular flexibility index (Phi) is 9.07. The Labute approximate surface area is 280 Å². The highest BCUT2D eigenvalue weighted by atomic mass is 79.9. The molecular weight excluding hydrogens is 720 g/mol.